The van der Waals surface area contributed by atoms with E-state index in [1.165, 1.54) is 17.0 Å². The fourth-order valence-corrected chi connectivity index (χ4v) is 4.79. The maximum absolute atomic E-state index is 13.4. The Morgan fingerprint density at radius 2 is 1.68 bits per heavy atom. The van der Waals surface area contributed by atoms with E-state index in [-0.39, 0.29) is 17.1 Å². The highest BCUT2D eigenvalue weighted by atomic mass is 16.5. The number of Topliss-reactive ketones (excluding diaryl/α,β-unsaturated/α-hetero) is 1. The Kier molecular flexibility index (Phi) is 7.53. The van der Waals surface area contributed by atoms with Crippen LogP contribution >= 0.6 is 0 Å². The van der Waals surface area contributed by atoms with Crippen LogP contribution in [0.3, 0.4) is 0 Å². The summed E-state index contributed by atoms with van der Waals surface area (Å²) in [5.41, 5.74) is 3.20. The van der Waals surface area contributed by atoms with Gasteiger partial charge in [0.05, 0.1) is 18.2 Å². The summed E-state index contributed by atoms with van der Waals surface area (Å²) in [5.74, 6) is -1.13. The fraction of sp³-hybridized carbons (Fsp3) is 0.267. The molecule has 3 aromatic rings. The molecule has 4 rings (SSSR count). The Morgan fingerprint density at radius 3 is 2.27 bits per heavy atom. The third-order valence-corrected chi connectivity index (χ3v) is 6.64. The van der Waals surface area contributed by atoms with E-state index >= 15 is 0 Å². The smallest absolute Gasteiger partial charge is 0.300 e. The number of phenolic OH excluding ortho intramolecular Hbond substituents is 1. The SMILES string of the molecule is CCOc1ccc(/C(O)=C2/C(=O)C(=O)N(c3ccc(N(CC)CC)cc3)C2c2cccc(O)c2)cc1C. The van der Waals surface area contributed by atoms with Gasteiger partial charge < -0.3 is 19.8 Å². The number of aliphatic hydroxyl groups excluding tert-OH is 1. The van der Waals surface area contributed by atoms with Crippen LogP contribution in [-0.4, -0.2) is 41.6 Å². The molecule has 0 aromatic heterocycles. The summed E-state index contributed by atoms with van der Waals surface area (Å²) in [4.78, 5) is 30.4. The van der Waals surface area contributed by atoms with Crippen LogP contribution in [0.25, 0.3) is 5.76 Å². The normalized spacial score (nSPS) is 16.8. The van der Waals surface area contributed by atoms with Crippen molar-refractivity contribution in [3.63, 3.8) is 0 Å². The van der Waals surface area contributed by atoms with E-state index in [1.807, 2.05) is 26.0 Å². The first-order chi connectivity index (χ1) is 17.8. The molecule has 0 radical (unpaired) electrons. The van der Waals surface area contributed by atoms with E-state index in [0.717, 1.165) is 24.3 Å². The number of aromatic hydroxyl groups is 1. The van der Waals surface area contributed by atoms with E-state index in [2.05, 4.69) is 18.7 Å². The lowest BCUT2D eigenvalue weighted by molar-refractivity contribution is -0.132. The number of aryl methyl sites for hydroxylation is 1. The van der Waals surface area contributed by atoms with Gasteiger partial charge in [0.2, 0.25) is 0 Å². The molecule has 2 N–H and O–H groups in total. The number of rotatable bonds is 8. The molecular weight excluding hydrogens is 468 g/mol. The number of ether oxygens (including phenoxy) is 1. The molecule has 1 aliphatic rings. The van der Waals surface area contributed by atoms with Crippen LogP contribution in [0.2, 0.25) is 0 Å². The predicted octanol–water partition coefficient (Wildman–Crippen LogP) is 5.57. The number of anilines is 2. The molecule has 1 amide bonds. The summed E-state index contributed by atoms with van der Waals surface area (Å²) >= 11 is 0. The van der Waals surface area contributed by atoms with Crippen molar-refractivity contribution in [2.45, 2.75) is 33.7 Å². The highest BCUT2D eigenvalue weighted by Gasteiger charge is 2.47. The maximum atomic E-state index is 13.4. The van der Waals surface area contributed by atoms with Gasteiger partial charge in [0, 0.05) is 30.0 Å². The molecule has 37 heavy (non-hydrogen) atoms. The van der Waals surface area contributed by atoms with Crippen molar-refractivity contribution in [2.75, 3.05) is 29.5 Å². The molecule has 7 nitrogen and oxygen atoms in total. The number of nitrogens with zero attached hydrogens (tertiary/aromatic N) is 2. The van der Waals surface area contributed by atoms with Gasteiger partial charge in [-0.25, -0.2) is 0 Å². The second-order valence-corrected chi connectivity index (χ2v) is 8.87. The summed E-state index contributed by atoms with van der Waals surface area (Å²) in [7, 11) is 0. The monoisotopic (exact) mass is 500 g/mol. The second kappa shape index (κ2) is 10.8. The van der Waals surface area contributed by atoms with Crippen LogP contribution in [0.1, 0.15) is 43.5 Å². The van der Waals surface area contributed by atoms with E-state index in [4.69, 9.17) is 4.74 Å². The Morgan fingerprint density at radius 1 is 0.973 bits per heavy atom. The molecule has 0 aliphatic carbocycles. The van der Waals surface area contributed by atoms with Crippen LogP contribution in [0.5, 0.6) is 11.5 Å². The quantitative estimate of drug-likeness (QED) is 0.239. The zero-order chi connectivity index (χ0) is 26.7. The Labute approximate surface area is 217 Å². The Balaban J connectivity index is 1.86. The van der Waals surface area contributed by atoms with E-state index < -0.39 is 17.7 Å². The van der Waals surface area contributed by atoms with Crippen molar-refractivity contribution in [1.29, 1.82) is 0 Å². The van der Waals surface area contributed by atoms with Crippen LogP contribution < -0.4 is 14.5 Å². The van der Waals surface area contributed by atoms with E-state index in [9.17, 15) is 19.8 Å². The predicted molar refractivity (Wildman–Crippen MR) is 145 cm³/mol. The van der Waals surface area contributed by atoms with Crippen molar-refractivity contribution in [1.82, 2.24) is 0 Å². The largest absolute Gasteiger partial charge is 0.508 e. The number of ketones is 1. The van der Waals surface area contributed by atoms with Crippen molar-refractivity contribution in [2.24, 2.45) is 0 Å². The molecule has 3 aromatic carbocycles. The standard InChI is InChI=1S/C30H32N2O5/c1-5-31(6-2)22-12-14-23(15-13-22)32-27(20-9-8-10-24(33)18-20)26(29(35)30(32)36)28(34)21-11-16-25(37-7-3)19(4)17-21/h8-18,27,33-34H,5-7H2,1-4H3/b28-26-. The number of benzene rings is 3. The molecule has 7 heteroatoms. The molecule has 1 aliphatic heterocycles. The summed E-state index contributed by atoms with van der Waals surface area (Å²) < 4.78 is 5.60. The van der Waals surface area contributed by atoms with Crippen molar-refractivity contribution in [3.8, 4) is 11.5 Å². The first-order valence-electron chi connectivity index (χ1n) is 12.5. The van der Waals surface area contributed by atoms with Crippen LogP contribution in [0.4, 0.5) is 11.4 Å². The third-order valence-electron chi connectivity index (χ3n) is 6.64. The lowest BCUT2D eigenvalue weighted by Gasteiger charge is -2.27. The first kappa shape index (κ1) is 25.8. The number of amides is 1. The maximum Gasteiger partial charge on any atom is 0.300 e. The molecule has 1 unspecified atom stereocenters. The number of phenols is 1. The van der Waals surface area contributed by atoms with Gasteiger partial charge >= 0.3 is 0 Å². The number of carbonyl (C=O) groups is 2. The number of carbonyl (C=O) groups excluding carboxylic acids is 2. The molecule has 0 bridgehead atoms. The first-order valence-corrected chi connectivity index (χ1v) is 12.5. The molecule has 0 saturated carbocycles. The minimum Gasteiger partial charge on any atom is -0.508 e. The average molecular weight is 501 g/mol. The highest BCUT2D eigenvalue weighted by molar-refractivity contribution is 6.51. The molecule has 1 atom stereocenters. The summed E-state index contributed by atoms with van der Waals surface area (Å²) in [5, 5.41) is 21.6. The molecule has 1 saturated heterocycles. The van der Waals surface area contributed by atoms with Gasteiger partial charge in [-0.05, 0) is 93.4 Å². The van der Waals surface area contributed by atoms with Crippen LogP contribution in [0.15, 0.2) is 72.3 Å². The summed E-state index contributed by atoms with van der Waals surface area (Å²) in [6.45, 7) is 10.1. The zero-order valence-corrected chi connectivity index (χ0v) is 21.6. The lowest BCUT2D eigenvalue weighted by Crippen LogP contribution is -2.29. The van der Waals surface area contributed by atoms with E-state index in [1.54, 1.807) is 42.5 Å². The number of aliphatic hydroxyl groups is 1. The molecule has 1 fully saturated rings. The molecular formula is C30H32N2O5. The van der Waals surface area contributed by atoms with Gasteiger partial charge in [-0.2, -0.15) is 0 Å². The second-order valence-electron chi connectivity index (χ2n) is 8.87. The van der Waals surface area contributed by atoms with Gasteiger partial charge in [0.25, 0.3) is 11.7 Å². The van der Waals surface area contributed by atoms with Crippen molar-refractivity contribution >= 4 is 28.8 Å². The van der Waals surface area contributed by atoms with Gasteiger partial charge in [0.1, 0.15) is 17.3 Å². The van der Waals surface area contributed by atoms with Gasteiger partial charge in [-0.3, -0.25) is 14.5 Å². The van der Waals surface area contributed by atoms with E-state index in [0.29, 0.717) is 29.2 Å². The third kappa shape index (κ3) is 4.89. The van der Waals surface area contributed by atoms with Crippen LogP contribution in [-0.2, 0) is 9.59 Å². The highest BCUT2D eigenvalue weighted by Crippen LogP contribution is 2.43. The van der Waals surface area contributed by atoms with Crippen molar-refractivity contribution < 1.29 is 24.5 Å². The minimum atomic E-state index is -0.918. The zero-order valence-electron chi connectivity index (χ0n) is 21.6. The average Bonchev–Trinajstić information content (AvgIpc) is 3.16. The summed E-state index contributed by atoms with van der Waals surface area (Å²) in [6, 6.07) is 18.0. The Bertz CT molecular complexity index is 1340. The van der Waals surface area contributed by atoms with Crippen LogP contribution in [0, 0.1) is 6.92 Å². The molecule has 1 heterocycles. The van der Waals surface area contributed by atoms with Gasteiger partial charge in [-0.15, -0.1) is 0 Å². The molecule has 192 valence electrons. The topological polar surface area (TPSA) is 90.3 Å². The lowest BCUT2D eigenvalue weighted by atomic mass is 9.94. The number of hydrogen-bond acceptors (Lipinski definition) is 6. The fourth-order valence-electron chi connectivity index (χ4n) is 4.79. The minimum absolute atomic E-state index is 0.00289. The summed E-state index contributed by atoms with van der Waals surface area (Å²) in [6.07, 6.45) is 0. The Hall–Kier alpha value is -4.26. The molecule has 0 spiro atoms. The van der Waals surface area contributed by atoms with Gasteiger partial charge in [0.15, 0.2) is 0 Å². The number of hydrogen-bond donors (Lipinski definition) is 2. The van der Waals surface area contributed by atoms with Crippen molar-refractivity contribution in [3.05, 3.63) is 89.0 Å². The van der Waals surface area contributed by atoms with Gasteiger partial charge in [-0.1, -0.05) is 12.1 Å².